The summed E-state index contributed by atoms with van der Waals surface area (Å²) in [5.41, 5.74) is 3.40. The number of aromatic nitrogens is 2. The Morgan fingerprint density at radius 1 is 1.24 bits per heavy atom. The van der Waals surface area contributed by atoms with Gasteiger partial charge >= 0.3 is 11.9 Å². The summed E-state index contributed by atoms with van der Waals surface area (Å²) in [4.78, 5) is 17.1. The lowest BCUT2D eigenvalue weighted by molar-refractivity contribution is -0.385. The van der Waals surface area contributed by atoms with E-state index in [1.54, 1.807) is 0 Å². The summed E-state index contributed by atoms with van der Waals surface area (Å²) in [6.07, 6.45) is -3.64. The molecule has 2 rings (SSSR count). The van der Waals surface area contributed by atoms with Crippen molar-refractivity contribution in [2.75, 3.05) is 5.73 Å². The van der Waals surface area contributed by atoms with E-state index in [1.165, 1.54) is 6.07 Å². The van der Waals surface area contributed by atoms with E-state index in [1.807, 2.05) is 0 Å². The van der Waals surface area contributed by atoms with Gasteiger partial charge in [-0.1, -0.05) is 0 Å². The molecule has 0 unspecified atom stereocenters. The summed E-state index contributed by atoms with van der Waals surface area (Å²) < 4.78 is 42.7. The smallest absolute Gasteiger partial charge is 0.416 e. The average molecular weight is 300 g/mol. The van der Waals surface area contributed by atoms with Crippen LogP contribution in [0.2, 0.25) is 0 Å². The highest BCUT2D eigenvalue weighted by Gasteiger charge is 2.33. The van der Waals surface area contributed by atoms with Crippen molar-refractivity contribution in [3.05, 3.63) is 46.3 Å². The van der Waals surface area contributed by atoms with E-state index in [0.29, 0.717) is 12.1 Å². The van der Waals surface area contributed by atoms with Crippen molar-refractivity contribution in [1.82, 2.24) is 9.97 Å². The Labute approximate surface area is 115 Å². The lowest BCUT2D eigenvalue weighted by atomic mass is 10.2. The van der Waals surface area contributed by atoms with Gasteiger partial charge in [0.1, 0.15) is 12.1 Å². The molecule has 21 heavy (non-hydrogen) atoms. The number of ether oxygens (including phenoxy) is 1. The van der Waals surface area contributed by atoms with E-state index in [4.69, 9.17) is 10.5 Å². The van der Waals surface area contributed by atoms with Gasteiger partial charge in [-0.2, -0.15) is 13.2 Å². The molecule has 0 aliphatic heterocycles. The molecule has 0 spiro atoms. The Morgan fingerprint density at radius 2 is 1.95 bits per heavy atom. The summed E-state index contributed by atoms with van der Waals surface area (Å²) in [5, 5.41) is 10.9. The molecule has 0 aliphatic rings. The van der Waals surface area contributed by atoms with E-state index in [-0.39, 0.29) is 17.4 Å². The van der Waals surface area contributed by atoms with Crippen LogP contribution >= 0.6 is 0 Å². The predicted octanol–water partition coefficient (Wildman–Crippen LogP) is 2.78. The Balaban J connectivity index is 2.42. The third-order valence-corrected chi connectivity index (χ3v) is 2.36. The standard InChI is InChI=1S/C11H7F3N4O3/c12-11(13,14)6-1-2-8(7(3-6)18(19)20)21-10-4-9(15)16-5-17-10/h1-5H,(H2,15,16,17). The first kappa shape index (κ1) is 14.5. The van der Waals surface area contributed by atoms with Crippen LogP contribution in [0.15, 0.2) is 30.6 Å². The molecule has 0 saturated carbocycles. The second-order valence-corrected chi connectivity index (χ2v) is 3.82. The Bertz CT molecular complexity index is 691. The number of nitro groups is 1. The quantitative estimate of drug-likeness (QED) is 0.690. The number of hydrogen-bond donors (Lipinski definition) is 1. The first-order valence-electron chi connectivity index (χ1n) is 5.38. The molecule has 0 amide bonds. The minimum Gasteiger partial charge on any atom is -0.432 e. The summed E-state index contributed by atoms with van der Waals surface area (Å²) in [6, 6.07) is 3.09. The van der Waals surface area contributed by atoms with Crippen LogP contribution in [-0.2, 0) is 6.18 Å². The molecule has 0 bridgehead atoms. The zero-order chi connectivity index (χ0) is 15.6. The van der Waals surface area contributed by atoms with Crippen molar-refractivity contribution in [2.45, 2.75) is 6.18 Å². The molecule has 10 heteroatoms. The lowest BCUT2D eigenvalue weighted by Crippen LogP contribution is -2.06. The fraction of sp³-hybridized carbons (Fsp3) is 0.0909. The Morgan fingerprint density at radius 3 is 2.52 bits per heavy atom. The van der Waals surface area contributed by atoms with Crippen molar-refractivity contribution in [2.24, 2.45) is 0 Å². The highest BCUT2D eigenvalue weighted by Crippen LogP contribution is 2.37. The van der Waals surface area contributed by atoms with Crippen molar-refractivity contribution < 1.29 is 22.8 Å². The monoisotopic (exact) mass is 300 g/mol. The number of benzene rings is 1. The van der Waals surface area contributed by atoms with Gasteiger partial charge in [-0.05, 0) is 12.1 Å². The van der Waals surface area contributed by atoms with E-state index in [9.17, 15) is 23.3 Å². The molecule has 1 aromatic heterocycles. The first-order valence-corrected chi connectivity index (χ1v) is 5.38. The number of rotatable bonds is 3. The maximum absolute atomic E-state index is 12.5. The largest absolute Gasteiger partial charge is 0.432 e. The molecule has 1 heterocycles. The minimum atomic E-state index is -4.69. The molecule has 0 aliphatic carbocycles. The number of halogens is 3. The van der Waals surface area contributed by atoms with Crippen molar-refractivity contribution in [3.63, 3.8) is 0 Å². The van der Waals surface area contributed by atoms with Crippen molar-refractivity contribution >= 4 is 11.5 Å². The maximum Gasteiger partial charge on any atom is 0.416 e. The van der Waals surface area contributed by atoms with Gasteiger partial charge < -0.3 is 10.5 Å². The van der Waals surface area contributed by atoms with Gasteiger partial charge in [0.05, 0.1) is 10.5 Å². The topological polar surface area (TPSA) is 104 Å². The molecular formula is C11H7F3N4O3. The number of anilines is 1. The van der Waals surface area contributed by atoms with Crippen molar-refractivity contribution in [1.29, 1.82) is 0 Å². The third-order valence-electron chi connectivity index (χ3n) is 2.36. The van der Waals surface area contributed by atoms with Crippen LogP contribution in [0.1, 0.15) is 5.56 Å². The zero-order valence-electron chi connectivity index (χ0n) is 10.2. The van der Waals surface area contributed by atoms with Gasteiger partial charge in [-0.25, -0.2) is 9.97 Å². The highest BCUT2D eigenvalue weighted by atomic mass is 19.4. The zero-order valence-corrected chi connectivity index (χ0v) is 10.2. The van der Waals surface area contributed by atoms with Crippen LogP contribution in [0.4, 0.5) is 24.7 Å². The highest BCUT2D eigenvalue weighted by molar-refractivity contribution is 5.51. The summed E-state index contributed by atoms with van der Waals surface area (Å²) >= 11 is 0. The summed E-state index contributed by atoms with van der Waals surface area (Å²) in [7, 11) is 0. The molecule has 0 atom stereocenters. The van der Waals surface area contributed by atoms with E-state index < -0.39 is 22.4 Å². The second-order valence-electron chi connectivity index (χ2n) is 3.82. The van der Waals surface area contributed by atoms with Gasteiger partial charge in [-0.3, -0.25) is 10.1 Å². The average Bonchev–Trinajstić information content (AvgIpc) is 2.37. The first-order chi connectivity index (χ1) is 9.77. The van der Waals surface area contributed by atoms with Gasteiger partial charge in [0.25, 0.3) is 0 Å². The number of hydrogen-bond acceptors (Lipinski definition) is 6. The van der Waals surface area contributed by atoms with E-state index in [2.05, 4.69) is 9.97 Å². The van der Waals surface area contributed by atoms with Gasteiger partial charge in [0.15, 0.2) is 0 Å². The molecule has 7 nitrogen and oxygen atoms in total. The van der Waals surface area contributed by atoms with Crippen LogP contribution in [-0.4, -0.2) is 14.9 Å². The fourth-order valence-electron chi connectivity index (χ4n) is 1.44. The number of nitrogens with two attached hydrogens (primary N) is 1. The SMILES string of the molecule is Nc1cc(Oc2ccc(C(F)(F)F)cc2[N+](=O)[O-])ncn1. The van der Waals surface area contributed by atoms with Crippen LogP contribution in [0.5, 0.6) is 11.6 Å². The third kappa shape index (κ3) is 3.35. The van der Waals surface area contributed by atoms with Crippen LogP contribution in [0, 0.1) is 10.1 Å². The number of nitrogens with zero attached hydrogens (tertiary/aromatic N) is 3. The van der Waals surface area contributed by atoms with Gasteiger partial charge in [-0.15, -0.1) is 0 Å². The molecular weight excluding hydrogens is 293 g/mol. The van der Waals surface area contributed by atoms with Crippen LogP contribution < -0.4 is 10.5 Å². The molecule has 110 valence electrons. The van der Waals surface area contributed by atoms with E-state index in [0.717, 1.165) is 12.4 Å². The van der Waals surface area contributed by atoms with E-state index >= 15 is 0 Å². The van der Waals surface area contributed by atoms with Crippen LogP contribution in [0.3, 0.4) is 0 Å². The normalized spacial score (nSPS) is 11.2. The van der Waals surface area contributed by atoms with Crippen LogP contribution in [0.25, 0.3) is 0 Å². The second kappa shape index (κ2) is 5.23. The molecule has 0 radical (unpaired) electrons. The van der Waals surface area contributed by atoms with Gasteiger partial charge in [0, 0.05) is 12.1 Å². The molecule has 2 N–H and O–H groups in total. The molecule has 2 aromatic rings. The summed E-state index contributed by atoms with van der Waals surface area (Å²) in [6.45, 7) is 0. The Hall–Kier alpha value is -2.91. The predicted molar refractivity (Wildman–Crippen MR) is 64.6 cm³/mol. The summed E-state index contributed by atoms with van der Waals surface area (Å²) in [5.74, 6) is -0.453. The molecule has 0 fully saturated rings. The number of nitrogen functional groups attached to an aromatic ring is 1. The molecule has 0 saturated heterocycles. The Kier molecular flexibility index (Phi) is 3.61. The fourth-order valence-corrected chi connectivity index (χ4v) is 1.44. The number of alkyl halides is 3. The van der Waals surface area contributed by atoms with Gasteiger partial charge in [0.2, 0.25) is 11.6 Å². The van der Waals surface area contributed by atoms with Crippen molar-refractivity contribution in [3.8, 4) is 11.6 Å². The maximum atomic E-state index is 12.5. The number of nitro benzene ring substituents is 1. The lowest BCUT2D eigenvalue weighted by Gasteiger charge is -2.09. The minimum absolute atomic E-state index is 0.0505. The molecule has 1 aromatic carbocycles.